The molecule has 0 bridgehead atoms. The van der Waals surface area contributed by atoms with E-state index >= 15 is 0 Å². The number of rotatable bonds is 2. The lowest BCUT2D eigenvalue weighted by Gasteiger charge is -2.16. The fourth-order valence-electron chi connectivity index (χ4n) is 2.19. The molecule has 0 saturated heterocycles. The monoisotopic (exact) mass is 317 g/mol. The molecule has 19 heavy (non-hydrogen) atoms. The van der Waals surface area contributed by atoms with Crippen molar-refractivity contribution >= 4 is 45.7 Å². The van der Waals surface area contributed by atoms with Crippen LogP contribution in [0.25, 0.3) is 10.9 Å². The minimum atomic E-state index is -0.348. The Hall–Kier alpha value is -0.710. The normalized spacial score (nSPS) is 22.5. The third-order valence-corrected chi connectivity index (χ3v) is 4.09. The van der Waals surface area contributed by atoms with Gasteiger partial charge in [0.15, 0.2) is 6.23 Å². The lowest BCUT2D eigenvalue weighted by Crippen LogP contribution is -2.15. The largest absolute Gasteiger partial charge is 0.393 e. The van der Waals surface area contributed by atoms with E-state index in [4.69, 9.17) is 44.6 Å². The summed E-state index contributed by atoms with van der Waals surface area (Å²) in [6, 6.07) is 5.33. The predicted octanol–water partition coefficient (Wildman–Crippen LogP) is 4.05. The number of fused-ring (bicyclic) bond motifs is 1. The van der Waals surface area contributed by atoms with Gasteiger partial charge in [0.05, 0.1) is 22.2 Å². The first-order chi connectivity index (χ1) is 9.10. The average Bonchev–Trinajstić information content (AvgIpc) is 2.94. The number of benzene rings is 1. The van der Waals surface area contributed by atoms with Crippen LogP contribution in [0.1, 0.15) is 6.23 Å². The Morgan fingerprint density at radius 3 is 2.53 bits per heavy atom. The standard InChI is InChI=1S/C13H10Cl3NO2/c14-9-3-7-4-12(16)17(11(7)5-10(9)15)13-2-1-8(6-18)19-13/h1-5,8,13,18H,6H2/t8-,13+/m0/s1. The fourth-order valence-corrected chi connectivity index (χ4v) is 2.82. The van der Waals surface area contributed by atoms with Gasteiger partial charge >= 0.3 is 0 Å². The van der Waals surface area contributed by atoms with Crippen molar-refractivity contribution in [3.63, 3.8) is 0 Å². The summed E-state index contributed by atoms with van der Waals surface area (Å²) in [5, 5.41) is 11.5. The van der Waals surface area contributed by atoms with E-state index in [9.17, 15) is 0 Å². The van der Waals surface area contributed by atoms with Gasteiger partial charge in [0.2, 0.25) is 0 Å². The summed E-state index contributed by atoms with van der Waals surface area (Å²) >= 11 is 18.3. The maximum absolute atomic E-state index is 9.09. The maximum atomic E-state index is 9.09. The molecule has 0 unspecified atom stereocenters. The second-order valence-corrected chi connectivity index (χ2v) is 5.50. The van der Waals surface area contributed by atoms with E-state index in [-0.39, 0.29) is 18.9 Å². The highest BCUT2D eigenvalue weighted by Crippen LogP contribution is 2.35. The first kappa shape index (κ1) is 13.3. The van der Waals surface area contributed by atoms with Crippen molar-refractivity contribution in [3.8, 4) is 0 Å². The molecular weight excluding hydrogens is 309 g/mol. The van der Waals surface area contributed by atoms with E-state index in [0.29, 0.717) is 15.2 Å². The summed E-state index contributed by atoms with van der Waals surface area (Å²) in [5.74, 6) is 0. The molecule has 6 heteroatoms. The van der Waals surface area contributed by atoms with Gasteiger partial charge in [-0.1, -0.05) is 40.9 Å². The van der Waals surface area contributed by atoms with Gasteiger partial charge in [-0.3, -0.25) is 0 Å². The molecule has 2 aromatic rings. The Kier molecular flexibility index (Phi) is 3.50. The first-order valence-electron chi connectivity index (χ1n) is 5.70. The average molecular weight is 319 g/mol. The topological polar surface area (TPSA) is 34.4 Å². The number of hydrogen-bond donors (Lipinski definition) is 1. The first-order valence-corrected chi connectivity index (χ1v) is 6.83. The summed E-state index contributed by atoms with van der Waals surface area (Å²) in [6.45, 7) is -0.0591. The number of aliphatic hydroxyl groups is 1. The van der Waals surface area contributed by atoms with E-state index in [0.717, 1.165) is 10.9 Å². The van der Waals surface area contributed by atoms with E-state index in [1.807, 2.05) is 22.8 Å². The van der Waals surface area contributed by atoms with Crippen molar-refractivity contribution in [3.05, 3.63) is 45.5 Å². The third-order valence-electron chi connectivity index (χ3n) is 3.07. The zero-order valence-corrected chi connectivity index (χ0v) is 12.0. The number of aromatic nitrogens is 1. The number of halogens is 3. The minimum Gasteiger partial charge on any atom is -0.393 e. The number of nitrogens with zero attached hydrogens (tertiary/aromatic N) is 1. The highest BCUT2D eigenvalue weighted by atomic mass is 35.5. The molecule has 0 aliphatic carbocycles. The fraction of sp³-hybridized carbons (Fsp3) is 0.231. The van der Waals surface area contributed by atoms with E-state index in [1.54, 1.807) is 12.1 Å². The zero-order chi connectivity index (χ0) is 13.6. The molecule has 1 aromatic heterocycles. The Morgan fingerprint density at radius 1 is 1.11 bits per heavy atom. The summed E-state index contributed by atoms with van der Waals surface area (Å²) in [5.41, 5.74) is 0.840. The second kappa shape index (κ2) is 5.00. The summed E-state index contributed by atoms with van der Waals surface area (Å²) in [4.78, 5) is 0. The van der Waals surface area contributed by atoms with Crippen LogP contribution in [0.15, 0.2) is 30.4 Å². The van der Waals surface area contributed by atoms with Gasteiger partial charge < -0.3 is 14.4 Å². The predicted molar refractivity (Wildman–Crippen MR) is 77.1 cm³/mol. The maximum Gasteiger partial charge on any atom is 0.155 e. The summed E-state index contributed by atoms with van der Waals surface area (Å²) in [7, 11) is 0. The third kappa shape index (κ3) is 2.26. The van der Waals surface area contributed by atoms with Gasteiger partial charge in [-0.05, 0) is 24.3 Å². The van der Waals surface area contributed by atoms with Crippen molar-refractivity contribution < 1.29 is 9.84 Å². The number of aliphatic hydroxyl groups excluding tert-OH is 1. The summed E-state index contributed by atoms with van der Waals surface area (Å²) in [6.07, 6.45) is 3.01. The molecule has 1 aliphatic rings. The zero-order valence-electron chi connectivity index (χ0n) is 9.69. The SMILES string of the molecule is OC[C@@H]1C=C[C@H](n2c(Cl)cc3cc(Cl)c(Cl)cc32)O1. The van der Waals surface area contributed by atoms with Crippen LogP contribution in [0, 0.1) is 0 Å². The van der Waals surface area contributed by atoms with Crippen LogP contribution in [0.2, 0.25) is 15.2 Å². The van der Waals surface area contributed by atoms with Crippen molar-refractivity contribution in [2.45, 2.75) is 12.3 Å². The number of hydrogen-bond acceptors (Lipinski definition) is 2. The van der Waals surface area contributed by atoms with Crippen molar-refractivity contribution in [2.75, 3.05) is 6.61 Å². The smallest absolute Gasteiger partial charge is 0.155 e. The molecule has 3 rings (SSSR count). The molecule has 1 aromatic carbocycles. The second-order valence-electron chi connectivity index (χ2n) is 4.29. The van der Waals surface area contributed by atoms with Crippen LogP contribution in [-0.4, -0.2) is 22.4 Å². The van der Waals surface area contributed by atoms with E-state index < -0.39 is 0 Å². The lowest BCUT2D eigenvalue weighted by atomic mass is 10.2. The molecule has 1 aliphatic heterocycles. The highest BCUT2D eigenvalue weighted by molar-refractivity contribution is 6.43. The molecule has 2 atom stereocenters. The van der Waals surface area contributed by atoms with Crippen LogP contribution in [0.5, 0.6) is 0 Å². The minimum absolute atomic E-state index is 0.0591. The van der Waals surface area contributed by atoms with Gasteiger partial charge in [0, 0.05) is 5.39 Å². The van der Waals surface area contributed by atoms with Crippen molar-refractivity contribution in [1.82, 2.24) is 4.57 Å². The molecule has 0 spiro atoms. The molecule has 3 nitrogen and oxygen atoms in total. The van der Waals surface area contributed by atoms with Crippen molar-refractivity contribution in [2.24, 2.45) is 0 Å². The Morgan fingerprint density at radius 2 is 1.84 bits per heavy atom. The Bertz CT molecular complexity index is 665. The summed E-state index contributed by atoms with van der Waals surface area (Å²) < 4.78 is 7.47. The van der Waals surface area contributed by atoms with E-state index in [2.05, 4.69) is 0 Å². The molecule has 0 fully saturated rings. The molecule has 0 saturated carbocycles. The van der Waals surface area contributed by atoms with Crippen LogP contribution in [0.4, 0.5) is 0 Å². The molecule has 0 amide bonds. The van der Waals surface area contributed by atoms with Gasteiger partial charge in [0.25, 0.3) is 0 Å². The van der Waals surface area contributed by atoms with Crippen LogP contribution in [0.3, 0.4) is 0 Å². The molecule has 2 heterocycles. The molecule has 100 valence electrons. The Labute approximate surface area is 124 Å². The van der Waals surface area contributed by atoms with Crippen LogP contribution < -0.4 is 0 Å². The quantitative estimate of drug-likeness (QED) is 0.848. The van der Waals surface area contributed by atoms with Gasteiger partial charge in [-0.2, -0.15) is 0 Å². The van der Waals surface area contributed by atoms with Gasteiger partial charge in [-0.25, -0.2) is 0 Å². The number of ether oxygens (including phenoxy) is 1. The Balaban J connectivity index is 2.11. The molecular formula is C13H10Cl3NO2. The lowest BCUT2D eigenvalue weighted by molar-refractivity contribution is -0.00576. The van der Waals surface area contributed by atoms with E-state index in [1.165, 1.54) is 0 Å². The highest BCUT2D eigenvalue weighted by Gasteiger charge is 2.23. The van der Waals surface area contributed by atoms with Gasteiger partial charge in [-0.15, -0.1) is 0 Å². The molecule has 1 N–H and O–H groups in total. The van der Waals surface area contributed by atoms with Crippen molar-refractivity contribution in [1.29, 1.82) is 0 Å². The van der Waals surface area contributed by atoms with Gasteiger partial charge in [0.1, 0.15) is 11.3 Å². The molecule has 0 radical (unpaired) electrons. The van der Waals surface area contributed by atoms with Crippen LogP contribution >= 0.6 is 34.8 Å². The van der Waals surface area contributed by atoms with Crippen LogP contribution in [-0.2, 0) is 4.74 Å².